The van der Waals surface area contributed by atoms with Crippen LogP contribution in [-0.2, 0) is 4.74 Å². The van der Waals surface area contributed by atoms with Crippen LogP contribution < -0.4 is 16.1 Å². The molecule has 6 heteroatoms. The van der Waals surface area contributed by atoms with Gasteiger partial charge in [-0.15, -0.1) is 11.3 Å². The van der Waals surface area contributed by atoms with E-state index in [9.17, 15) is 9.59 Å². The van der Waals surface area contributed by atoms with Gasteiger partial charge in [-0.25, -0.2) is 9.48 Å². The topological polar surface area (TPSA) is 64.1 Å². The number of carbonyl (C=O) groups is 1. The maximum Gasteiger partial charge on any atom is 0.338 e. The Labute approximate surface area is 154 Å². The molecule has 0 amide bonds. The number of H-pyrrole nitrogens is 1. The molecule has 26 heavy (non-hydrogen) atoms. The minimum absolute atomic E-state index is 0.180. The number of rotatable bonds is 4. The van der Waals surface area contributed by atoms with Crippen LogP contribution in [0.15, 0.2) is 41.2 Å². The van der Waals surface area contributed by atoms with Crippen molar-refractivity contribution >= 4 is 30.0 Å². The molecule has 0 bridgehead atoms. The summed E-state index contributed by atoms with van der Waals surface area (Å²) in [5.41, 5.74) is 0.888. The molecule has 0 saturated heterocycles. The lowest BCUT2D eigenvalue weighted by Crippen LogP contribution is -2.33. The van der Waals surface area contributed by atoms with Crippen molar-refractivity contribution in [1.82, 2.24) is 9.78 Å². The highest BCUT2D eigenvalue weighted by Crippen LogP contribution is 2.15. The molecule has 5 nitrogen and oxygen atoms in total. The van der Waals surface area contributed by atoms with E-state index in [4.69, 9.17) is 4.74 Å². The molecular formula is C20H20N2O3S. The highest BCUT2D eigenvalue weighted by Gasteiger charge is 2.10. The number of ether oxygens (including phenoxy) is 1. The largest absolute Gasteiger partial charge is 0.459 e. The lowest BCUT2D eigenvalue weighted by atomic mass is 10.2. The number of nitrogens with one attached hydrogen (secondary N) is 1. The molecule has 0 unspecified atom stereocenters. The first-order valence-electron chi connectivity index (χ1n) is 8.24. The average Bonchev–Trinajstić information content (AvgIpc) is 3.12. The van der Waals surface area contributed by atoms with E-state index in [0.717, 1.165) is 4.88 Å². The van der Waals surface area contributed by atoms with Crippen LogP contribution in [0.4, 0.5) is 0 Å². The molecule has 0 aliphatic rings. The van der Waals surface area contributed by atoms with Gasteiger partial charge in [-0.1, -0.05) is 6.58 Å². The van der Waals surface area contributed by atoms with Gasteiger partial charge in [0.15, 0.2) is 0 Å². The van der Waals surface area contributed by atoms with Crippen LogP contribution in [0.5, 0.6) is 0 Å². The van der Waals surface area contributed by atoms with Crippen LogP contribution in [0.3, 0.4) is 0 Å². The Morgan fingerprint density at radius 2 is 1.92 bits per heavy atom. The highest BCUT2D eigenvalue weighted by molar-refractivity contribution is 7.12. The van der Waals surface area contributed by atoms with Crippen molar-refractivity contribution in [2.45, 2.75) is 26.9 Å². The van der Waals surface area contributed by atoms with Gasteiger partial charge in [-0.3, -0.25) is 9.89 Å². The van der Waals surface area contributed by atoms with Gasteiger partial charge < -0.3 is 4.74 Å². The SMILES string of the molecule is C=c1[nH]n(-c2ccc(C(=O)OC(C)C)cc2)c(=O)/c1=C/c1ccc(C)s1. The van der Waals surface area contributed by atoms with Crippen molar-refractivity contribution in [2.24, 2.45) is 0 Å². The Bertz CT molecular complexity index is 1100. The van der Waals surface area contributed by atoms with Gasteiger partial charge in [0.2, 0.25) is 0 Å². The first-order chi connectivity index (χ1) is 12.3. The van der Waals surface area contributed by atoms with E-state index >= 15 is 0 Å². The predicted molar refractivity (Wildman–Crippen MR) is 104 cm³/mol. The minimum Gasteiger partial charge on any atom is -0.459 e. The van der Waals surface area contributed by atoms with Gasteiger partial charge in [0.25, 0.3) is 5.56 Å². The number of hydrogen-bond acceptors (Lipinski definition) is 4. The number of benzene rings is 1. The summed E-state index contributed by atoms with van der Waals surface area (Å²) in [7, 11) is 0. The number of aromatic amines is 1. The number of thiophene rings is 1. The molecule has 0 fully saturated rings. The number of nitrogens with zero attached hydrogens (tertiary/aromatic N) is 1. The molecule has 0 spiro atoms. The first-order valence-corrected chi connectivity index (χ1v) is 9.06. The van der Waals surface area contributed by atoms with E-state index in [1.165, 1.54) is 9.56 Å². The van der Waals surface area contributed by atoms with Crippen molar-refractivity contribution < 1.29 is 9.53 Å². The summed E-state index contributed by atoms with van der Waals surface area (Å²) < 4.78 is 6.59. The quantitative estimate of drug-likeness (QED) is 0.719. The maximum atomic E-state index is 12.7. The lowest BCUT2D eigenvalue weighted by molar-refractivity contribution is 0.0378. The second-order valence-corrected chi connectivity index (χ2v) is 7.56. The molecule has 3 aromatic rings. The number of esters is 1. The van der Waals surface area contributed by atoms with Gasteiger partial charge in [-0.05, 0) is 63.2 Å². The van der Waals surface area contributed by atoms with E-state index in [1.807, 2.05) is 25.1 Å². The van der Waals surface area contributed by atoms with Gasteiger partial charge in [0.1, 0.15) is 0 Å². The van der Waals surface area contributed by atoms with Gasteiger partial charge in [0.05, 0.1) is 27.9 Å². The molecule has 0 radical (unpaired) electrons. The number of aryl methyl sites for hydroxylation is 1. The van der Waals surface area contributed by atoms with Crippen LogP contribution in [0.25, 0.3) is 18.3 Å². The summed E-state index contributed by atoms with van der Waals surface area (Å²) in [6.07, 6.45) is 1.66. The summed E-state index contributed by atoms with van der Waals surface area (Å²) in [4.78, 5) is 26.8. The Balaban J connectivity index is 1.97. The molecule has 0 saturated carbocycles. The van der Waals surface area contributed by atoms with Crippen molar-refractivity contribution in [2.75, 3.05) is 0 Å². The second-order valence-electron chi connectivity index (χ2n) is 6.24. The molecule has 2 heterocycles. The van der Waals surface area contributed by atoms with Gasteiger partial charge in [0, 0.05) is 9.75 Å². The standard InChI is InChI=1S/C20H20N2O3S/c1-12(2)25-20(24)15-6-8-16(9-7-15)22-19(23)18(14(4)21-22)11-17-10-5-13(3)26-17/h5-12,21H,4H2,1-3H3/b18-11+. The third kappa shape index (κ3) is 3.70. The fourth-order valence-electron chi connectivity index (χ4n) is 2.53. The molecule has 1 N–H and O–H groups in total. The Kier molecular flexibility index (Phi) is 4.95. The van der Waals surface area contributed by atoms with Crippen LogP contribution in [0.2, 0.25) is 0 Å². The summed E-state index contributed by atoms with van der Waals surface area (Å²) in [5.74, 6) is -0.384. The molecule has 0 aliphatic heterocycles. The summed E-state index contributed by atoms with van der Waals surface area (Å²) in [6, 6.07) is 10.7. The zero-order valence-corrected chi connectivity index (χ0v) is 15.7. The van der Waals surface area contributed by atoms with E-state index in [1.54, 1.807) is 49.4 Å². The fraction of sp³-hybridized carbons (Fsp3) is 0.200. The Hall–Kier alpha value is -2.86. The Morgan fingerprint density at radius 3 is 2.50 bits per heavy atom. The molecule has 2 aromatic heterocycles. The zero-order valence-electron chi connectivity index (χ0n) is 14.9. The van der Waals surface area contributed by atoms with Crippen molar-refractivity contribution in [1.29, 1.82) is 0 Å². The highest BCUT2D eigenvalue weighted by atomic mass is 32.1. The van der Waals surface area contributed by atoms with Crippen LogP contribution >= 0.6 is 11.3 Å². The first kappa shape index (κ1) is 17.9. The van der Waals surface area contributed by atoms with E-state index in [0.29, 0.717) is 21.8 Å². The summed E-state index contributed by atoms with van der Waals surface area (Å²) >= 11 is 1.62. The van der Waals surface area contributed by atoms with Crippen molar-refractivity contribution in [3.63, 3.8) is 0 Å². The third-order valence-electron chi connectivity index (χ3n) is 3.76. The van der Waals surface area contributed by atoms with E-state index in [-0.39, 0.29) is 17.6 Å². The van der Waals surface area contributed by atoms with Crippen LogP contribution in [0, 0.1) is 6.92 Å². The number of hydrogen-bond donors (Lipinski definition) is 1. The molecule has 3 rings (SSSR count). The monoisotopic (exact) mass is 368 g/mol. The van der Waals surface area contributed by atoms with Crippen LogP contribution in [-0.4, -0.2) is 21.9 Å². The molecule has 0 atom stereocenters. The zero-order chi connectivity index (χ0) is 18.8. The average molecular weight is 368 g/mol. The smallest absolute Gasteiger partial charge is 0.338 e. The second kappa shape index (κ2) is 7.17. The van der Waals surface area contributed by atoms with E-state index in [2.05, 4.69) is 11.7 Å². The fourth-order valence-corrected chi connectivity index (χ4v) is 3.35. The molecule has 134 valence electrons. The van der Waals surface area contributed by atoms with Crippen molar-refractivity contribution in [3.05, 3.63) is 72.6 Å². The molecule has 1 aromatic carbocycles. The third-order valence-corrected chi connectivity index (χ3v) is 4.70. The molecular weight excluding hydrogens is 348 g/mol. The van der Waals surface area contributed by atoms with Gasteiger partial charge in [-0.2, -0.15) is 0 Å². The number of aromatic nitrogens is 2. The number of carbonyl (C=O) groups excluding carboxylic acids is 1. The van der Waals surface area contributed by atoms with Crippen molar-refractivity contribution in [3.8, 4) is 5.69 Å². The molecule has 0 aliphatic carbocycles. The summed E-state index contributed by atoms with van der Waals surface area (Å²) in [6.45, 7) is 9.55. The lowest BCUT2D eigenvalue weighted by Gasteiger charge is -2.08. The predicted octanol–water partition coefficient (Wildman–Crippen LogP) is 2.34. The van der Waals surface area contributed by atoms with E-state index < -0.39 is 0 Å². The van der Waals surface area contributed by atoms with Crippen LogP contribution in [0.1, 0.15) is 34.0 Å². The maximum absolute atomic E-state index is 12.7. The summed E-state index contributed by atoms with van der Waals surface area (Å²) in [5, 5.41) is 4.06. The minimum atomic E-state index is -0.384. The Morgan fingerprint density at radius 1 is 1.23 bits per heavy atom. The normalized spacial score (nSPS) is 11.9. The van der Waals surface area contributed by atoms with Gasteiger partial charge >= 0.3 is 5.97 Å².